The lowest BCUT2D eigenvalue weighted by molar-refractivity contribution is 0.749. The third-order valence-corrected chi connectivity index (χ3v) is 5.02. The van der Waals surface area contributed by atoms with Crippen molar-refractivity contribution >= 4 is 50.9 Å². The van der Waals surface area contributed by atoms with Gasteiger partial charge in [0.25, 0.3) is 0 Å². The molecule has 0 heterocycles. The highest BCUT2D eigenvalue weighted by molar-refractivity contribution is 9.10. The van der Waals surface area contributed by atoms with E-state index in [-0.39, 0.29) is 6.04 Å². The highest BCUT2D eigenvalue weighted by atomic mass is 79.9. The number of rotatable bonds is 5. The smallest absolute Gasteiger partial charge is 0.0453 e. The molecule has 0 amide bonds. The van der Waals surface area contributed by atoms with Crippen LogP contribution in [0.25, 0.3) is 0 Å². The Morgan fingerprint density at radius 1 is 1.15 bits per heavy atom. The van der Waals surface area contributed by atoms with Crippen LogP contribution in [0.4, 0.5) is 0 Å². The van der Waals surface area contributed by atoms with Crippen LogP contribution in [0.15, 0.2) is 51.8 Å². The maximum absolute atomic E-state index is 6.17. The van der Waals surface area contributed by atoms with Gasteiger partial charge in [0, 0.05) is 31.2 Å². The van der Waals surface area contributed by atoms with E-state index in [1.807, 2.05) is 24.3 Å². The zero-order valence-electron chi connectivity index (χ0n) is 10.7. The molecule has 0 aliphatic heterocycles. The van der Waals surface area contributed by atoms with Gasteiger partial charge in [-0.05, 0) is 42.3 Å². The van der Waals surface area contributed by atoms with Gasteiger partial charge < -0.3 is 5.73 Å². The fraction of sp³-hybridized carbons (Fsp3) is 0.200. The summed E-state index contributed by atoms with van der Waals surface area (Å²) in [6, 6.07) is 13.8. The second-order valence-corrected chi connectivity index (χ2v) is 7.32. The number of hydrogen-bond donors (Lipinski definition) is 1. The van der Waals surface area contributed by atoms with Crippen molar-refractivity contribution in [1.29, 1.82) is 0 Å². The highest BCUT2D eigenvalue weighted by Crippen LogP contribution is 2.25. The Balaban J connectivity index is 1.90. The third-order valence-electron chi connectivity index (χ3n) is 2.76. The SMILES string of the molecule is NC(CSc1cccc(Br)c1)Cc1ccc(Cl)cc1Cl. The van der Waals surface area contributed by atoms with Crippen LogP contribution in [0, 0.1) is 0 Å². The van der Waals surface area contributed by atoms with E-state index in [9.17, 15) is 0 Å². The summed E-state index contributed by atoms with van der Waals surface area (Å²) >= 11 is 17.3. The Labute approximate surface area is 142 Å². The summed E-state index contributed by atoms with van der Waals surface area (Å²) in [7, 11) is 0. The fourth-order valence-corrected chi connectivity index (χ4v) is 3.73. The minimum Gasteiger partial charge on any atom is -0.327 e. The Kier molecular flexibility index (Phi) is 6.24. The Morgan fingerprint density at radius 2 is 1.95 bits per heavy atom. The maximum atomic E-state index is 6.17. The summed E-state index contributed by atoms with van der Waals surface area (Å²) in [6.07, 6.45) is 0.747. The summed E-state index contributed by atoms with van der Waals surface area (Å²) in [6.45, 7) is 0. The first-order valence-electron chi connectivity index (χ1n) is 6.12. The van der Waals surface area contributed by atoms with Crippen LogP contribution < -0.4 is 5.73 Å². The largest absolute Gasteiger partial charge is 0.327 e. The van der Waals surface area contributed by atoms with Crippen LogP contribution in [-0.4, -0.2) is 11.8 Å². The van der Waals surface area contributed by atoms with E-state index in [0.717, 1.165) is 22.2 Å². The van der Waals surface area contributed by atoms with Crippen molar-refractivity contribution < 1.29 is 0 Å². The topological polar surface area (TPSA) is 26.0 Å². The molecule has 0 saturated heterocycles. The molecule has 2 N–H and O–H groups in total. The average Bonchev–Trinajstić information content (AvgIpc) is 2.40. The van der Waals surface area contributed by atoms with Gasteiger partial charge in [0.05, 0.1) is 0 Å². The second kappa shape index (κ2) is 7.71. The molecule has 2 aromatic rings. The number of nitrogens with two attached hydrogens (primary N) is 1. The maximum Gasteiger partial charge on any atom is 0.0453 e. The zero-order chi connectivity index (χ0) is 14.5. The van der Waals surface area contributed by atoms with Gasteiger partial charge >= 0.3 is 0 Å². The molecule has 0 aliphatic rings. The van der Waals surface area contributed by atoms with Crippen molar-refractivity contribution in [2.75, 3.05) is 5.75 Å². The molecule has 0 spiro atoms. The van der Waals surface area contributed by atoms with Crippen LogP contribution in [0.1, 0.15) is 5.56 Å². The number of hydrogen-bond acceptors (Lipinski definition) is 2. The number of benzene rings is 2. The molecular weight excluding hydrogens is 377 g/mol. The van der Waals surface area contributed by atoms with Crippen molar-refractivity contribution in [3.8, 4) is 0 Å². The van der Waals surface area contributed by atoms with E-state index in [1.165, 1.54) is 4.90 Å². The molecule has 0 radical (unpaired) electrons. The van der Waals surface area contributed by atoms with Crippen molar-refractivity contribution in [3.05, 3.63) is 62.5 Å². The van der Waals surface area contributed by atoms with Gasteiger partial charge in [0.2, 0.25) is 0 Å². The van der Waals surface area contributed by atoms with Crippen molar-refractivity contribution in [3.63, 3.8) is 0 Å². The van der Waals surface area contributed by atoms with Crippen molar-refractivity contribution in [2.24, 2.45) is 5.73 Å². The lowest BCUT2D eigenvalue weighted by Crippen LogP contribution is -2.25. The summed E-state index contributed by atoms with van der Waals surface area (Å²) in [5, 5.41) is 1.33. The second-order valence-electron chi connectivity index (χ2n) is 4.47. The summed E-state index contributed by atoms with van der Waals surface area (Å²) < 4.78 is 1.08. The molecule has 0 bridgehead atoms. The summed E-state index contributed by atoms with van der Waals surface area (Å²) in [4.78, 5) is 1.21. The molecule has 1 atom stereocenters. The molecule has 0 aliphatic carbocycles. The Bertz CT molecular complexity index is 592. The Morgan fingerprint density at radius 3 is 2.65 bits per heavy atom. The first-order chi connectivity index (χ1) is 9.54. The third kappa shape index (κ3) is 4.97. The summed E-state index contributed by atoms with van der Waals surface area (Å²) in [5.41, 5.74) is 7.21. The quantitative estimate of drug-likeness (QED) is 0.690. The predicted molar refractivity (Wildman–Crippen MR) is 93.0 cm³/mol. The molecular formula is C15H14BrCl2NS. The lowest BCUT2D eigenvalue weighted by atomic mass is 10.1. The molecule has 2 rings (SSSR count). The summed E-state index contributed by atoms with van der Waals surface area (Å²) in [5.74, 6) is 0.843. The van der Waals surface area contributed by atoms with Crippen molar-refractivity contribution in [2.45, 2.75) is 17.4 Å². The average molecular weight is 391 g/mol. The molecule has 0 saturated carbocycles. The van der Waals surface area contributed by atoms with Gasteiger partial charge in [-0.2, -0.15) is 0 Å². The van der Waals surface area contributed by atoms with Gasteiger partial charge in [0.1, 0.15) is 0 Å². The van der Waals surface area contributed by atoms with E-state index < -0.39 is 0 Å². The van der Waals surface area contributed by atoms with Crippen LogP contribution in [0.5, 0.6) is 0 Å². The molecule has 2 aromatic carbocycles. The van der Waals surface area contributed by atoms with Crippen LogP contribution in [-0.2, 0) is 6.42 Å². The Hall–Kier alpha value is -0.190. The van der Waals surface area contributed by atoms with Gasteiger partial charge in [-0.3, -0.25) is 0 Å². The fourth-order valence-electron chi connectivity index (χ4n) is 1.79. The molecule has 0 aromatic heterocycles. The van der Waals surface area contributed by atoms with Gasteiger partial charge in [-0.1, -0.05) is 51.3 Å². The number of thioether (sulfide) groups is 1. The van der Waals surface area contributed by atoms with E-state index in [0.29, 0.717) is 10.0 Å². The predicted octanol–water partition coefficient (Wildman–Crippen LogP) is 5.42. The van der Waals surface area contributed by atoms with Crippen LogP contribution >= 0.6 is 50.9 Å². The molecule has 106 valence electrons. The van der Waals surface area contributed by atoms with Crippen LogP contribution in [0.3, 0.4) is 0 Å². The molecule has 20 heavy (non-hydrogen) atoms. The minimum atomic E-state index is 0.0534. The van der Waals surface area contributed by atoms with E-state index in [1.54, 1.807) is 17.8 Å². The molecule has 1 nitrogen and oxygen atoms in total. The highest BCUT2D eigenvalue weighted by Gasteiger charge is 2.08. The minimum absolute atomic E-state index is 0.0534. The molecule has 0 fully saturated rings. The molecule has 5 heteroatoms. The zero-order valence-corrected chi connectivity index (χ0v) is 14.6. The number of halogens is 3. The van der Waals surface area contributed by atoms with E-state index in [2.05, 4.69) is 28.1 Å². The van der Waals surface area contributed by atoms with Gasteiger partial charge in [-0.25, -0.2) is 0 Å². The first-order valence-corrected chi connectivity index (χ1v) is 8.66. The van der Waals surface area contributed by atoms with Gasteiger partial charge in [0.15, 0.2) is 0 Å². The standard InChI is InChI=1S/C15H14BrCl2NS/c16-11-2-1-3-14(7-11)20-9-13(19)6-10-4-5-12(17)8-15(10)18/h1-5,7-8,13H,6,9,19H2. The van der Waals surface area contributed by atoms with Crippen LogP contribution in [0.2, 0.25) is 10.0 Å². The monoisotopic (exact) mass is 389 g/mol. The van der Waals surface area contributed by atoms with Gasteiger partial charge in [-0.15, -0.1) is 11.8 Å². The first kappa shape index (κ1) is 16.2. The lowest BCUT2D eigenvalue weighted by Gasteiger charge is -2.13. The normalized spacial score (nSPS) is 12.4. The molecule has 1 unspecified atom stereocenters. The van der Waals surface area contributed by atoms with Crippen molar-refractivity contribution in [1.82, 2.24) is 0 Å². The van der Waals surface area contributed by atoms with E-state index >= 15 is 0 Å². The van der Waals surface area contributed by atoms with E-state index in [4.69, 9.17) is 28.9 Å².